The van der Waals surface area contributed by atoms with Crippen molar-refractivity contribution in [2.24, 2.45) is 0 Å². The molecule has 3 heterocycles. The third-order valence-corrected chi connectivity index (χ3v) is 6.72. The van der Waals surface area contributed by atoms with Gasteiger partial charge in [-0.3, -0.25) is 4.98 Å². The highest BCUT2D eigenvalue weighted by Crippen LogP contribution is 2.39. The maximum absolute atomic E-state index is 13.5. The Kier molecular flexibility index (Phi) is 8.31. The molecule has 12 heteroatoms. The van der Waals surface area contributed by atoms with Crippen molar-refractivity contribution >= 4 is 51.2 Å². The second kappa shape index (κ2) is 11.4. The number of thiophene rings is 1. The van der Waals surface area contributed by atoms with Gasteiger partial charge in [-0.25, -0.2) is 19.6 Å². The van der Waals surface area contributed by atoms with Crippen molar-refractivity contribution in [3.05, 3.63) is 69.8 Å². The zero-order valence-electron chi connectivity index (χ0n) is 23.3. The number of ether oxygens (including phenoxy) is 2. The SMILES string of the molecule is CC(C)(C)OC(=O)N(C(=O)OC(C)(C)C)c1nc(-c2cccc(C#N)c2)nc2sc(C(O)c3ncccc3Cl)cc12. The predicted molar refractivity (Wildman–Crippen MR) is 156 cm³/mol. The van der Waals surface area contributed by atoms with Crippen molar-refractivity contribution in [1.29, 1.82) is 5.26 Å². The maximum Gasteiger partial charge on any atom is 0.425 e. The zero-order valence-corrected chi connectivity index (χ0v) is 24.9. The van der Waals surface area contributed by atoms with E-state index in [4.69, 9.17) is 21.1 Å². The molecule has 0 aliphatic rings. The summed E-state index contributed by atoms with van der Waals surface area (Å²) in [5, 5.41) is 21.1. The van der Waals surface area contributed by atoms with Gasteiger partial charge in [0.05, 0.1) is 27.7 Å². The Morgan fingerprint density at radius 3 is 2.27 bits per heavy atom. The summed E-state index contributed by atoms with van der Waals surface area (Å²) in [5.41, 5.74) is -0.814. The maximum atomic E-state index is 13.5. The summed E-state index contributed by atoms with van der Waals surface area (Å²) < 4.78 is 11.1. The molecule has 3 aromatic heterocycles. The van der Waals surface area contributed by atoms with Crippen molar-refractivity contribution in [1.82, 2.24) is 15.0 Å². The molecule has 0 aliphatic heterocycles. The summed E-state index contributed by atoms with van der Waals surface area (Å²) in [6, 6.07) is 13.5. The molecule has 0 radical (unpaired) electrons. The lowest BCUT2D eigenvalue weighted by molar-refractivity contribution is 0.0429. The largest absolute Gasteiger partial charge is 0.443 e. The first-order valence-electron chi connectivity index (χ1n) is 12.5. The highest BCUT2D eigenvalue weighted by atomic mass is 35.5. The van der Waals surface area contributed by atoms with Gasteiger partial charge in [0, 0.05) is 16.6 Å². The Morgan fingerprint density at radius 1 is 1.02 bits per heavy atom. The van der Waals surface area contributed by atoms with E-state index in [0.29, 0.717) is 20.8 Å². The standard InChI is InChI=1S/C29H28ClN5O5S/c1-28(2,3)39-26(37)35(27(38)40-29(4,5)6)24-18-14-20(22(36)21-19(30)11-8-12-32-21)41-25(18)34-23(33-24)17-10-7-9-16(13-17)15-31/h7-14,22,36H,1-6H3. The molecular weight excluding hydrogens is 566 g/mol. The van der Waals surface area contributed by atoms with Crippen LogP contribution >= 0.6 is 22.9 Å². The van der Waals surface area contributed by atoms with Crippen LogP contribution in [-0.2, 0) is 9.47 Å². The number of fused-ring (bicyclic) bond motifs is 1. The van der Waals surface area contributed by atoms with Gasteiger partial charge in [-0.05, 0) is 71.9 Å². The molecule has 10 nitrogen and oxygen atoms in total. The first-order valence-corrected chi connectivity index (χ1v) is 13.7. The Hall–Kier alpha value is -4.11. The van der Waals surface area contributed by atoms with Crippen LogP contribution in [0.5, 0.6) is 0 Å². The number of rotatable bonds is 4. The molecule has 212 valence electrons. The Labute approximate surface area is 246 Å². The van der Waals surface area contributed by atoms with Gasteiger partial charge in [0.1, 0.15) is 22.1 Å². The Bertz CT molecular complexity index is 1640. The Morgan fingerprint density at radius 2 is 1.68 bits per heavy atom. The summed E-state index contributed by atoms with van der Waals surface area (Å²) >= 11 is 7.40. The predicted octanol–water partition coefficient (Wildman–Crippen LogP) is 7.04. The van der Waals surface area contributed by atoms with Crippen LogP contribution in [0, 0.1) is 11.3 Å². The molecule has 1 N–H and O–H groups in total. The second-order valence-electron chi connectivity index (χ2n) is 11.0. The van der Waals surface area contributed by atoms with Crippen LogP contribution in [0.15, 0.2) is 48.7 Å². The monoisotopic (exact) mass is 593 g/mol. The summed E-state index contributed by atoms with van der Waals surface area (Å²) in [6.07, 6.45) is -1.73. The molecule has 1 unspecified atom stereocenters. The smallest absolute Gasteiger partial charge is 0.425 e. The van der Waals surface area contributed by atoms with Crippen LogP contribution in [0.1, 0.15) is 63.8 Å². The number of nitriles is 1. The van der Waals surface area contributed by atoms with Gasteiger partial charge in [-0.1, -0.05) is 23.7 Å². The fraction of sp³-hybridized carbons (Fsp3) is 0.310. The van der Waals surface area contributed by atoms with Gasteiger partial charge in [-0.2, -0.15) is 10.2 Å². The molecule has 2 amide bonds. The number of carbonyl (C=O) groups excluding carboxylic acids is 2. The number of halogens is 1. The lowest BCUT2D eigenvalue weighted by Crippen LogP contribution is -2.44. The van der Waals surface area contributed by atoms with Gasteiger partial charge in [0.25, 0.3) is 0 Å². The number of benzene rings is 1. The normalized spacial score (nSPS) is 12.5. The number of aliphatic hydroxyl groups is 1. The third kappa shape index (κ3) is 6.97. The van der Waals surface area contributed by atoms with Gasteiger partial charge in [0.15, 0.2) is 11.6 Å². The van der Waals surface area contributed by atoms with Gasteiger partial charge in [0.2, 0.25) is 0 Å². The van der Waals surface area contributed by atoms with E-state index in [1.165, 1.54) is 6.20 Å². The average Bonchev–Trinajstić information content (AvgIpc) is 3.31. The molecule has 0 saturated heterocycles. The number of amides is 2. The topological polar surface area (TPSA) is 139 Å². The van der Waals surface area contributed by atoms with E-state index in [9.17, 15) is 20.0 Å². The van der Waals surface area contributed by atoms with Crippen LogP contribution < -0.4 is 4.90 Å². The molecule has 41 heavy (non-hydrogen) atoms. The van der Waals surface area contributed by atoms with Crippen molar-refractivity contribution in [3.8, 4) is 17.5 Å². The number of carbonyl (C=O) groups is 2. The van der Waals surface area contributed by atoms with Gasteiger partial charge < -0.3 is 14.6 Å². The summed E-state index contributed by atoms with van der Waals surface area (Å²) in [5.74, 6) is 0.0261. The average molecular weight is 594 g/mol. The third-order valence-electron chi connectivity index (χ3n) is 5.32. The highest BCUT2D eigenvalue weighted by Gasteiger charge is 2.36. The molecule has 4 aromatic rings. The number of imide groups is 1. The van der Waals surface area contributed by atoms with E-state index >= 15 is 0 Å². The number of hydrogen-bond acceptors (Lipinski definition) is 10. The summed E-state index contributed by atoms with van der Waals surface area (Å²) in [6.45, 7) is 10.0. The van der Waals surface area contributed by atoms with E-state index in [1.54, 1.807) is 84.0 Å². The summed E-state index contributed by atoms with van der Waals surface area (Å²) in [4.78, 5) is 41.9. The number of aromatic nitrogens is 3. The molecule has 0 saturated carbocycles. The van der Waals surface area contributed by atoms with Crippen molar-refractivity contribution in [2.75, 3.05) is 4.90 Å². The zero-order chi connectivity index (χ0) is 30.1. The van der Waals surface area contributed by atoms with Crippen molar-refractivity contribution in [3.63, 3.8) is 0 Å². The van der Waals surface area contributed by atoms with Crippen molar-refractivity contribution in [2.45, 2.75) is 58.8 Å². The van der Waals surface area contributed by atoms with E-state index in [0.717, 1.165) is 16.2 Å². The summed E-state index contributed by atoms with van der Waals surface area (Å²) in [7, 11) is 0. The molecule has 0 aliphatic carbocycles. The minimum absolute atomic E-state index is 0.113. The van der Waals surface area contributed by atoms with Gasteiger partial charge in [-0.15, -0.1) is 11.3 Å². The van der Waals surface area contributed by atoms with E-state index in [-0.39, 0.29) is 27.7 Å². The molecule has 1 aromatic carbocycles. The van der Waals surface area contributed by atoms with Crippen LogP contribution in [0.3, 0.4) is 0 Å². The fourth-order valence-corrected chi connectivity index (χ4v) is 4.92. The number of hydrogen-bond donors (Lipinski definition) is 1. The minimum atomic E-state index is -1.22. The molecule has 0 fully saturated rings. The van der Waals surface area contributed by atoms with E-state index < -0.39 is 29.5 Å². The van der Waals surface area contributed by atoms with E-state index in [1.807, 2.05) is 0 Å². The lowest BCUT2D eigenvalue weighted by atomic mass is 10.1. The number of aliphatic hydroxyl groups excluding tert-OH is 1. The Balaban J connectivity index is 1.98. The first kappa shape index (κ1) is 29.9. The van der Waals surface area contributed by atoms with Crippen LogP contribution in [0.25, 0.3) is 21.6 Å². The highest BCUT2D eigenvalue weighted by molar-refractivity contribution is 7.18. The van der Waals surface area contributed by atoms with Crippen molar-refractivity contribution < 1.29 is 24.2 Å². The van der Waals surface area contributed by atoms with Crippen LogP contribution in [0.4, 0.5) is 15.4 Å². The van der Waals surface area contributed by atoms with Gasteiger partial charge >= 0.3 is 12.2 Å². The van der Waals surface area contributed by atoms with E-state index in [2.05, 4.69) is 21.0 Å². The molecule has 4 rings (SSSR count). The molecule has 0 spiro atoms. The van der Waals surface area contributed by atoms with Crippen LogP contribution in [0.2, 0.25) is 5.02 Å². The first-order chi connectivity index (χ1) is 19.2. The quantitative estimate of drug-likeness (QED) is 0.264. The lowest BCUT2D eigenvalue weighted by Gasteiger charge is -2.28. The number of pyridine rings is 1. The fourth-order valence-electron chi connectivity index (χ4n) is 3.68. The second-order valence-corrected chi connectivity index (χ2v) is 12.5. The molecule has 1 atom stereocenters. The minimum Gasteiger partial charge on any atom is -0.443 e. The number of anilines is 1. The molecule has 0 bridgehead atoms. The number of nitrogens with zero attached hydrogens (tertiary/aromatic N) is 5. The molecular formula is C29H28ClN5O5S. The van der Waals surface area contributed by atoms with Crippen LogP contribution in [-0.4, -0.2) is 43.4 Å².